The van der Waals surface area contributed by atoms with Crippen molar-refractivity contribution in [3.63, 3.8) is 0 Å². The third-order valence-electron chi connectivity index (χ3n) is 3.79. The van der Waals surface area contributed by atoms with Crippen molar-refractivity contribution in [2.45, 2.75) is 51.5 Å². The van der Waals surface area contributed by atoms with Crippen LogP contribution in [0.5, 0.6) is 0 Å². The lowest BCUT2D eigenvalue weighted by Gasteiger charge is -2.34. The summed E-state index contributed by atoms with van der Waals surface area (Å²) in [6.45, 7) is 4.84. The monoisotopic (exact) mass is 295 g/mol. The Morgan fingerprint density at radius 2 is 2.05 bits per heavy atom. The molecule has 0 radical (unpaired) electrons. The van der Waals surface area contributed by atoms with Gasteiger partial charge in [-0.3, -0.25) is 4.79 Å². The first kappa shape index (κ1) is 15.1. The van der Waals surface area contributed by atoms with E-state index in [1.165, 1.54) is 19.3 Å². The zero-order valence-corrected chi connectivity index (χ0v) is 12.9. The van der Waals surface area contributed by atoms with Crippen LogP contribution in [-0.4, -0.2) is 23.0 Å². The molecule has 0 bridgehead atoms. The van der Waals surface area contributed by atoms with Crippen molar-refractivity contribution in [2.75, 3.05) is 11.9 Å². The number of halogens is 1. The van der Waals surface area contributed by atoms with Gasteiger partial charge in [-0.25, -0.2) is 4.98 Å². The largest absolute Gasteiger partial charge is 0.370 e. The second-order valence-electron chi connectivity index (χ2n) is 5.67. The van der Waals surface area contributed by atoms with Crippen molar-refractivity contribution < 1.29 is 4.79 Å². The Balaban J connectivity index is 2.12. The number of nitrogens with one attached hydrogen (secondary N) is 2. The Bertz CT molecular complexity index is 484. The molecule has 1 aromatic heterocycles. The van der Waals surface area contributed by atoms with Gasteiger partial charge in [0, 0.05) is 17.6 Å². The van der Waals surface area contributed by atoms with E-state index in [9.17, 15) is 4.79 Å². The molecule has 0 atom stereocenters. The fourth-order valence-electron chi connectivity index (χ4n) is 2.70. The SMILES string of the molecule is CCNc1cc(C(=O)NC2(C)CCCCC2)cc(Cl)n1. The first-order valence-corrected chi connectivity index (χ1v) is 7.64. The molecule has 1 aliphatic rings. The molecule has 4 nitrogen and oxygen atoms in total. The molecule has 0 unspecified atom stereocenters. The summed E-state index contributed by atoms with van der Waals surface area (Å²) < 4.78 is 0. The minimum Gasteiger partial charge on any atom is -0.370 e. The summed E-state index contributed by atoms with van der Waals surface area (Å²) in [4.78, 5) is 16.5. The van der Waals surface area contributed by atoms with Gasteiger partial charge in [-0.2, -0.15) is 0 Å². The number of hydrogen-bond acceptors (Lipinski definition) is 3. The molecule has 20 heavy (non-hydrogen) atoms. The maximum absolute atomic E-state index is 12.4. The van der Waals surface area contributed by atoms with Gasteiger partial charge in [-0.15, -0.1) is 0 Å². The minimum atomic E-state index is -0.0938. The van der Waals surface area contributed by atoms with Gasteiger partial charge < -0.3 is 10.6 Å². The van der Waals surface area contributed by atoms with Crippen molar-refractivity contribution in [2.24, 2.45) is 0 Å². The van der Waals surface area contributed by atoms with Crippen LogP contribution in [-0.2, 0) is 0 Å². The summed E-state index contributed by atoms with van der Waals surface area (Å²) in [6.07, 6.45) is 5.69. The topological polar surface area (TPSA) is 54.0 Å². The average Bonchev–Trinajstić information content (AvgIpc) is 2.38. The minimum absolute atomic E-state index is 0.0714. The predicted octanol–water partition coefficient (Wildman–Crippen LogP) is 3.62. The highest BCUT2D eigenvalue weighted by atomic mass is 35.5. The second-order valence-corrected chi connectivity index (χ2v) is 6.06. The highest BCUT2D eigenvalue weighted by Gasteiger charge is 2.28. The first-order valence-electron chi connectivity index (χ1n) is 7.26. The molecule has 2 rings (SSSR count). The van der Waals surface area contributed by atoms with Crippen LogP contribution in [0.4, 0.5) is 5.82 Å². The molecule has 1 saturated carbocycles. The van der Waals surface area contributed by atoms with Gasteiger partial charge in [0.1, 0.15) is 11.0 Å². The molecule has 5 heteroatoms. The third-order valence-corrected chi connectivity index (χ3v) is 3.98. The number of hydrogen-bond donors (Lipinski definition) is 2. The normalized spacial score (nSPS) is 17.6. The molecule has 0 saturated heterocycles. The third kappa shape index (κ3) is 3.85. The summed E-state index contributed by atoms with van der Waals surface area (Å²) >= 11 is 5.98. The molecule has 110 valence electrons. The van der Waals surface area contributed by atoms with Gasteiger partial charge in [-0.1, -0.05) is 30.9 Å². The standard InChI is InChI=1S/C15H22ClN3O/c1-3-17-13-10-11(9-12(16)18-13)14(20)19-15(2)7-5-4-6-8-15/h9-10H,3-8H2,1-2H3,(H,17,18)(H,19,20). The van der Waals surface area contributed by atoms with Crippen LogP contribution in [0.2, 0.25) is 5.15 Å². The highest BCUT2D eigenvalue weighted by Crippen LogP contribution is 2.28. The summed E-state index contributed by atoms with van der Waals surface area (Å²) in [5.41, 5.74) is 0.469. The molecule has 1 aromatic rings. The Hall–Kier alpha value is -1.29. The maximum Gasteiger partial charge on any atom is 0.251 e. The van der Waals surface area contributed by atoms with Crippen LogP contribution in [0, 0.1) is 0 Å². The van der Waals surface area contributed by atoms with Gasteiger partial charge in [-0.05, 0) is 38.8 Å². The van der Waals surface area contributed by atoms with E-state index in [0.29, 0.717) is 16.5 Å². The van der Waals surface area contributed by atoms with Crippen LogP contribution < -0.4 is 10.6 Å². The molecule has 1 amide bonds. The summed E-state index contributed by atoms with van der Waals surface area (Å²) in [7, 11) is 0. The quantitative estimate of drug-likeness (QED) is 0.834. The van der Waals surface area contributed by atoms with Crippen molar-refractivity contribution in [1.29, 1.82) is 0 Å². The van der Waals surface area contributed by atoms with Crippen molar-refractivity contribution >= 4 is 23.3 Å². The molecule has 1 fully saturated rings. The number of carbonyl (C=O) groups is 1. The first-order chi connectivity index (χ1) is 9.52. The van der Waals surface area contributed by atoms with Crippen LogP contribution in [0.25, 0.3) is 0 Å². The van der Waals surface area contributed by atoms with E-state index in [2.05, 4.69) is 22.5 Å². The van der Waals surface area contributed by atoms with E-state index < -0.39 is 0 Å². The van der Waals surface area contributed by atoms with Crippen molar-refractivity contribution in [3.8, 4) is 0 Å². The Labute approximate surface area is 125 Å². The van der Waals surface area contributed by atoms with Gasteiger partial charge in [0.25, 0.3) is 5.91 Å². The molecule has 0 spiro atoms. The predicted molar refractivity (Wildman–Crippen MR) is 82.4 cm³/mol. The number of amides is 1. The van der Waals surface area contributed by atoms with Crippen LogP contribution >= 0.6 is 11.6 Å². The molecule has 0 aliphatic heterocycles. The number of rotatable bonds is 4. The zero-order chi connectivity index (χ0) is 14.6. The molecule has 0 aromatic carbocycles. The van der Waals surface area contributed by atoms with Gasteiger partial charge in [0.15, 0.2) is 0 Å². The molecule has 1 aliphatic carbocycles. The number of aromatic nitrogens is 1. The Kier molecular flexibility index (Phi) is 4.86. The van der Waals surface area contributed by atoms with E-state index in [1.54, 1.807) is 12.1 Å². The van der Waals surface area contributed by atoms with E-state index in [4.69, 9.17) is 11.6 Å². The van der Waals surface area contributed by atoms with Gasteiger partial charge in [0.2, 0.25) is 0 Å². The number of anilines is 1. The lowest BCUT2D eigenvalue weighted by atomic mass is 9.83. The zero-order valence-electron chi connectivity index (χ0n) is 12.1. The fourth-order valence-corrected chi connectivity index (χ4v) is 2.91. The van der Waals surface area contributed by atoms with Gasteiger partial charge >= 0.3 is 0 Å². The van der Waals surface area contributed by atoms with Crippen LogP contribution in [0.15, 0.2) is 12.1 Å². The van der Waals surface area contributed by atoms with Crippen molar-refractivity contribution in [1.82, 2.24) is 10.3 Å². The Morgan fingerprint density at radius 1 is 1.35 bits per heavy atom. The average molecular weight is 296 g/mol. The van der Waals surface area contributed by atoms with E-state index >= 15 is 0 Å². The summed E-state index contributed by atoms with van der Waals surface area (Å²) in [5, 5.41) is 6.57. The Morgan fingerprint density at radius 3 is 2.70 bits per heavy atom. The molecule has 2 N–H and O–H groups in total. The maximum atomic E-state index is 12.4. The van der Waals surface area contributed by atoms with E-state index in [0.717, 1.165) is 19.4 Å². The molecule has 1 heterocycles. The molecular weight excluding hydrogens is 274 g/mol. The van der Waals surface area contributed by atoms with Crippen molar-refractivity contribution in [3.05, 3.63) is 22.8 Å². The highest BCUT2D eigenvalue weighted by molar-refractivity contribution is 6.29. The lowest BCUT2D eigenvalue weighted by Crippen LogP contribution is -2.47. The lowest BCUT2D eigenvalue weighted by molar-refractivity contribution is 0.0882. The summed E-state index contributed by atoms with van der Waals surface area (Å²) in [5.74, 6) is 0.566. The number of pyridine rings is 1. The van der Waals surface area contributed by atoms with Crippen LogP contribution in [0.3, 0.4) is 0 Å². The number of nitrogens with zero attached hydrogens (tertiary/aromatic N) is 1. The molecular formula is C15H22ClN3O. The summed E-state index contributed by atoms with van der Waals surface area (Å²) in [6, 6.07) is 3.36. The second kappa shape index (κ2) is 6.44. The number of carbonyl (C=O) groups excluding carboxylic acids is 1. The van der Waals surface area contributed by atoms with Crippen LogP contribution in [0.1, 0.15) is 56.3 Å². The smallest absolute Gasteiger partial charge is 0.251 e. The fraction of sp³-hybridized carbons (Fsp3) is 0.600. The van der Waals surface area contributed by atoms with Gasteiger partial charge in [0.05, 0.1) is 0 Å². The van der Waals surface area contributed by atoms with E-state index in [1.807, 2.05) is 6.92 Å². The van der Waals surface area contributed by atoms with E-state index in [-0.39, 0.29) is 11.4 Å².